The highest BCUT2D eigenvalue weighted by molar-refractivity contribution is 14.1. The topological polar surface area (TPSA) is 78.7 Å². The fourth-order valence-electron chi connectivity index (χ4n) is 3.11. The van der Waals surface area contributed by atoms with Gasteiger partial charge in [-0.1, -0.05) is 0 Å². The normalized spacial score (nSPS) is 27.2. The number of likely N-dealkylation sites (tertiary alicyclic amines) is 1. The zero-order valence-electron chi connectivity index (χ0n) is 11.8. The van der Waals surface area contributed by atoms with E-state index in [1.807, 2.05) is 27.8 Å². The van der Waals surface area contributed by atoms with Crippen LogP contribution in [0.25, 0.3) is 0 Å². The van der Waals surface area contributed by atoms with Gasteiger partial charge in [0.2, 0.25) is 5.91 Å². The molecule has 1 aliphatic carbocycles. The predicted octanol–water partition coefficient (Wildman–Crippen LogP) is 0.954. The van der Waals surface area contributed by atoms with Crippen LogP contribution in [-0.2, 0) is 4.79 Å². The van der Waals surface area contributed by atoms with E-state index in [9.17, 15) is 9.59 Å². The smallest absolute Gasteiger partial charge is 0.326 e. The molecule has 1 saturated heterocycles. The van der Waals surface area contributed by atoms with E-state index < -0.39 is 0 Å². The first-order valence-corrected chi connectivity index (χ1v) is 8.24. The van der Waals surface area contributed by atoms with Crippen molar-refractivity contribution in [3.8, 4) is 0 Å². The van der Waals surface area contributed by atoms with Gasteiger partial charge in [-0.25, -0.2) is 4.79 Å². The second kappa shape index (κ2) is 6.93. The number of nitrogens with one attached hydrogen (secondary N) is 1. The Morgan fingerprint density at radius 2 is 1.95 bits per heavy atom. The zero-order valence-corrected chi connectivity index (χ0v) is 14.0. The van der Waals surface area contributed by atoms with Crippen LogP contribution in [-0.4, -0.2) is 54.5 Å². The first-order valence-electron chi connectivity index (χ1n) is 7.16. The van der Waals surface area contributed by atoms with Crippen molar-refractivity contribution in [3.63, 3.8) is 0 Å². The van der Waals surface area contributed by atoms with Gasteiger partial charge >= 0.3 is 6.03 Å². The molecule has 2 rings (SSSR count). The van der Waals surface area contributed by atoms with Crippen molar-refractivity contribution in [1.82, 2.24) is 13.3 Å². The highest BCUT2D eigenvalue weighted by atomic mass is 127. The minimum absolute atomic E-state index is 0.0145. The number of nitrogens with zero attached hydrogens (tertiary/aromatic N) is 2. The first-order chi connectivity index (χ1) is 9.51. The van der Waals surface area contributed by atoms with Crippen molar-refractivity contribution in [2.45, 2.75) is 31.7 Å². The Morgan fingerprint density at radius 1 is 1.35 bits per heavy atom. The molecule has 0 spiro atoms. The molecule has 0 radical (unpaired) electrons. The summed E-state index contributed by atoms with van der Waals surface area (Å²) >= 11 is 1.88. The Morgan fingerprint density at radius 3 is 2.45 bits per heavy atom. The minimum atomic E-state index is -0.159. The van der Waals surface area contributed by atoms with Gasteiger partial charge in [0.25, 0.3) is 0 Å². The lowest BCUT2D eigenvalue weighted by atomic mass is 9.78. The summed E-state index contributed by atoms with van der Waals surface area (Å²) in [6.07, 6.45) is 3.92. The number of nitrogens with two attached hydrogens (primary N) is 1. The van der Waals surface area contributed by atoms with Crippen molar-refractivity contribution in [2.24, 2.45) is 17.6 Å². The van der Waals surface area contributed by atoms with Gasteiger partial charge in [0.15, 0.2) is 0 Å². The number of amides is 3. The van der Waals surface area contributed by atoms with Gasteiger partial charge in [-0.3, -0.25) is 8.32 Å². The molecule has 1 aliphatic heterocycles. The summed E-state index contributed by atoms with van der Waals surface area (Å²) in [6.45, 7) is 2.72. The average molecular weight is 394 g/mol. The van der Waals surface area contributed by atoms with Crippen LogP contribution < -0.4 is 9.26 Å². The monoisotopic (exact) mass is 394 g/mol. The van der Waals surface area contributed by atoms with Crippen molar-refractivity contribution < 1.29 is 9.59 Å². The summed E-state index contributed by atoms with van der Waals surface area (Å²) in [5, 5.41) is 0. The van der Waals surface area contributed by atoms with Crippen molar-refractivity contribution >= 4 is 34.8 Å². The standard InChI is InChI=1S/C13H23IN4O2/c1-17(11-6-10(7-11)12(15)19)8-9-2-4-18(5-3-9)13(20)16-14/h9-11H,2-8H2,1H3,(H2,15,19)(H,16,20). The number of hydrogen-bond donors (Lipinski definition) is 2. The Bertz CT molecular complexity index is 365. The van der Waals surface area contributed by atoms with Crippen molar-refractivity contribution in [1.29, 1.82) is 0 Å². The summed E-state index contributed by atoms with van der Waals surface area (Å²) in [7, 11) is 2.13. The molecule has 114 valence electrons. The highest BCUT2D eigenvalue weighted by Crippen LogP contribution is 2.32. The quantitative estimate of drug-likeness (QED) is 0.551. The van der Waals surface area contributed by atoms with E-state index in [4.69, 9.17) is 5.73 Å². The SMILES string of the molecule is CN(CC1CCN(C(=O)NI)CC1)C1CC(C(N)=O)C1. The van der Waals surface area contributed by atoms with Crippen molar-refractivity contribution in [3.05, 3.63) is 0 Å². The van der Waals surface area contributed by atoms with Gasteiger partial charge in [0.1, 0.15) is 0 Å². The maximum absolute atomic E-state index is 11.5. The average Bonchev–Trinajstić information content (AvgIpc) is 2.36. The maximum Gasteiger partial charge on any atom is 0.326 e. The second-order valence-electron chi connectivity index (χ2n) is 5.99. The molecule has 7 heteroatoms. The summed E-state index contributed by atoms with van der Waals surface area (Å²) in [5.74, 6) is 0.565. The second-order valence-corrected chi connectivity index (χ2v) is 6.53. The van der Waals surface area contributed by atoms with Crippen LogP contribution in [0.2, 0.25) is 0 Å². The van der Waals surface area contributed by atoms with Crippen LogP contribution in [0.15, 0.2) is 0 Å². The van der Waals surface area contributed by atoms with E-state index in [1.54, 1.807) is 0 Å². The number of carbonyl (C=O) groups is 2. The molecule has 0 aromatic heterocycles. The van der Waals surface area contributed by atoms with Crippen LogP contribution in [0, 0.1) is 11.8 Å². The fourth-order valence-corrected chi connectivity index (χ4v) is 3.46. The van der Waals surface area contributed by atoms with E-state index in [-0.39, 0.29) is 17.9 Å². The molecule has 0 atom stereocenters. The molecule has 0 aromatic rings. The van der Waals surface area contributed by atoms with Gasteiger partial charge in [0, 0.05) is 31.6 Å². The molecule has 2 fully saturated rings. The molecule has 20 heavy (non-hydrogen) atoms. The summed E-state index contributed by atoms with van der Waals surface area (Å²) in [5.41, 5.74) is 5.30. The molecular formula is C13H23IN4O2. The Hall–Kier alpha value is -0.570. The van der Waals surface area contributed by atoms with Crippen LogP contribution in [0.5, 0.6) is 0 Å². The molecule has 3 amide bonds. The van der Waals surface area contributed by atoms with E-state index >= 15 is 0 Å². The van der Waals surface area contributed by atoms with Gasteiger partial charge < -0.3 is 15.5 Å². The van der Waals surface area contributed by atoms with Crippen LogP contribution in [0.1, 0.15) is 25.7 Å². The molecule has 0 aromatic carbocycles. The first kappa shape index (κ1) is 15.8. The van der Waals surface area contributed by atoms with Gasteiger partial charge in [-0.05, 0) is 38.6 Å². The third-order valence-corrected chi connectivity index (χ3v) is 5.13. The lowest BCUT2D eigenvalue weighted by Gasteiger charge is -2.42. The van der Waals surface area contributed by atoms with E-state index in [1.165, 1.54) is 0 Å². The lowest BCUT2D eigenvalue weighted by molar-refractivity contribution is -0.126. The third-order valence-electron chi connectivity index (χ3n) is 4.67. The molecule has 2 aliphatic rings. The number of piperidine rings is 1. The van der Waals surface area contributed by atoms with E-state index in [0.717, 1.165) is 45.3 Å². The summed E-state index contributed by atoms with van der Waals surface area (Å²) in [4.78, 5) is 26.8. The van der Waals surface area contributed by atoms with Gasteiger partial charge in [-0.15, -0.1) is 0 Å². The lowest BCUT2D eigenvalue weighted by Crippen LogP contribution is -2.49. The molecule has 6 nitrogen and oxygen atoms in total. The van der Waals surface area contributed by atoms with Gasteiger partial charge in [0.05, 0.1) is 22.9 Å². The number of carbonyl (C=O) groups excluding carboxylic acids is 2. The third kappa shape index (κ3) is 3.75. The fraction of sp³-hybridized carbons (Fsp3) is 0.846. The number of halogens is 1. The van der Waals surface area contributed by atoms with E-state index in [0.29, 0.717) is 12.0 Å². The van der Waals surface area contributed by atoms with E-state index in [2.05, 4.69) is 15.5 Å². The molecule has 3 N–H and O–H groups in total. The van der Waals surface area contributed by atoms with Crippen LogP contribution in [0.4, 0.5) is 4.79 Å². The number of urea groups is 1. The maximum atomic E-state index is 11.5. The summed E-state index contributed by atoms with van der Waals surface area (Å²) < 4.78 is 2.65. The number of hydrogen-bond acceptors (Lipinski definition) is 3. The zero-order chi connectivity index (χ0) is 14.7. The minimum Gasteiger partial charge on any atom is -0.369 e. The van der Waals surface area contributed by atoms with Crippen LogP contribution in [0.3, 0.4) is 0 Å². The van der Waals surface area contributed by atoms with Crippen molar-refractivity contribution in [2.75, 3.05) is 26.7 Å². The highest BCUT2D eigenvalue weighted by Gasteiger charge is 2.36. The number of rotatable bonds is 4. The molecule has 1 heterocycles. The molecule has 1 saturated carbocycles. The Labute approximate surface area is 133 Å². The largest absolute Gasteiger partial charge is 0.369 e. The molecule has 0 bridgehead atoms. The molecule has 0 unspecified atom stereocenters. The Kier molecular flexibility index (Phi) is 5.48. The Balaban J connectivity index is 1.68. The van der Waals surface area contributed by atoms with Gasteiger partial charge in [-0.2, -0.15) is 0 Å². The number of primary amides is 1. The van der Waals surface area contributed by atoms with Crippen LogP contribution >= 0.6 is 22.9 Å². The predicted molar refractivity (Wildman–Crippen MR) is 85.2 cm³/mol. The molecular weight excluding hydrogens is 371 g/mol. The summed E-state index contributed by atoms with van der Waals surface area (Å²) in [6, 6.07) is 0.517.